The van der Waals surface area contributed by atoms with Gasteiger partial charge in [0.15, 0.2) is 0 Å². The van der Waals surface area contributed by atoms with Gasteiger partial charge in [-0.25, -0.2) is 4.79 Å². The summed E-state index contributed by atoms with van der Waals surface area (Å²) in [6, 6.07) is 5.36. The van der Waals surface area contributed by atoms with Crippen LogP contribution in [0.15, 0.2) is 18.2 Å². The van der Waals surface area contributed by atoms with Crippen molar-refractivity contribution in [1.82, 2.24) is 4.90 Å². The molecule has 1 heterocycles. The zero-order valence-corrected chi connectivity index (χ0v) is 12.4. The maximum Gasteiger partial charge on any atom is 0.340 e. The Labute approximate surface area is 125 Å². The molecule has 1 aliphatic rings. The number of para-hydroxylation sites is 1. The van der Waals surface area contributed by atoms with Crippen molar-refractivity contribution < 1.29 is 14.3 Å². The molecule has 0 bridgehead atoms. The molecule has 3 N–H and O–H groups in total. The molecule has 1 aliphatic heterocycles. The van der Waals surface area contributed by atoms with E-state index in [2.05, 4.69) is 10.2 Å². The van der Waals surface area contributed by atoms with Gasteiger partial charge in [0.05, 0.1) is 36.8 Å². The van der Waals surface area contributed by atoms with E-state index in [1.165, 1.54) is 0 Å². The first-order chi connectivity index (χ1) is 10.2. The maximum atomic E-state index is 11.8. The predicted molar refractivity (Wildman–Crippen MR) is 82.6 cm³/mol. The largest absolute Gasteiger partial charge is 0.462 e. The van der Waals surface area contributed by atoms with Crippen LogP contribution >= 0.6 is 0 Å². The molecule has 1 saturated heterocycles. The average Bonchev–Trinajstić information content (AvgIpc) is 2.50. The summed E-state index contributed by atoms with van der Waals surface area (Å²) in [7, 11) is 0. The molecule has 2 rings (SSSR count). The number of carbonyl (C=O) groups is 1. The van der Waals surface area contributed by atoms with Gasteiger partial charge in [0.1, 0.15) is 0 Å². The lowest BCUT2D eigenvalue weighted by molar-refractivity contribution is 0.0398. The first kappa shape index (κ1) is 15.6. The molecule has 0 radical (unpaired) electrons. The summed E-state index contributed by atoms with van der Waals surface area (Å²) in [5.74, 6) is -0.383. The minimum Gasteiger partial charge on any atom is -0.462 e. The molecule has 0 aliphatic carbocycles. The van der Waals surface area contributed by atoms with Crippen molar-refractivity contribution >= 4 is 17.3 Å². The average molecular weight is 293 g/mol. The number of morpholine rings is 1. The number of nitrogens with one attached hydrogen (secondary N) is 1. The van der Waals surface area contributed by atoms with E-state index >= 15 is 0 Å². The fourth-order valence-electron chi connectivity index (χ4n) is 2.28. The Morgan fingerprint density at radius 1 is 1.43 bits per heavy atom. The number of nitrogens with two attached hydrogens (primary N) is 1. The van der Waals surface area contributed by atoms with Crippen LogP contribution in [0.2, 0.25) is 0 Å². The van der Waals surface area contributed by atoms with Crippen molar-refractivity contribution in [2.24, 2.45) is 0 Å². The number of ether oxygens (including phenoxy) is 2. The lowest BCUT2D eigenvalue weighted by Crippen LogP contribution is -2.39. The molecule has 0 unspecified atom stereocenters. The third-order valence-electron chi connectivity index (χ3n) is 3.45. The summed E-state index contributed by atoms with van der Waals surface area (Å²) in [5, 5.41) is 3.28. The van der Waals surface area contributed by atoms with Gasteiger partial charge >= 0.3 is 5.97 Å². The maximum absolute atomic E-state index is 11.8. The Hall–Kier alpha value is -1.79. The van der Waals surface area contributed by atoms with Gasteiger partial charge in [0.25, 0.3) is 0 Å². The summed E-state index contributed by atoms with van der Waals surface area (Å²) >= 11 is 0. The van der Waals surface area contributed by atoms with Crippen LogP contribution in [0.3, 0.4) is 0 Å². The number of hydrogen-bond acceptors (Lipinski definition) is 6. The molecule has 0 aromatic heterocycles. The Morgan fingerprint density at radius 3 is 2.90 bits per heavy atom. The van der Waals surface area contributed by atoms with E-state index in [-0.39, 0.29) is 5.97 Å². The van der Waals surface area contributed by atoms with E-state index in [1.54, 1.807) is 19.1 Å². The second-order valence-corrected chi connectivity index (χ2v) is 4.87. The van der Waals surface area contributed by atoms with Gasteiger partial charge in [-0.1, -0.05) is 6.07 Å². The molecule has 0 spiro atoms. The molecule has 0 atom stereocenters. The zero-order valence-electron chi connectivity index (χ0n) is 12.4. The number of nitrogen functional groups attached to an aromatic ring is 1. The summed E-state index contributed by atoms with van der Waals surface area (Å²) in [6.07, 6.45) is 0. The molecule has 21 heavy (non-hydrogen) atoms. The van der Waals surface area contributed by atoms with Crippen molar-refractivity contribution in [1.29, 1.82) is 0 Å². The number of rotatable bonds is 6. The van der Waals surface area contributed by atoms with Crippen LogP contribution in [0.5, 0.6) is 0 Å². The predicted octanol–water partition coefficient (Wildman–Crippen LogP) is 1.19. The van der Waals surface area contributed by atoms with Gasteiger partial charge in [0.2, 0.25) is 0 Å². The van der Waals surface area contributed by atoms with Crippen LogP contribution in [0.25, 0.3) is 0 Å². The minimum absolute atomic E-state index is 0.340. The number of esters is 1. The number of hydrogen-bond donors (Lipinski definition) is 2. The van der Waals surface area contributed by atoms with Crippen LogP contribution in [-0.4, -0.2) is 56.9 Å². The highest BCUT2D eigenvalue weighted by Gasteiger charge is 2.14. The molecule has 0 amide bonds. The van der Waals surface area contributed by atoms with Gasteiger partial charge in [-0.05, 0) is 19.1 Å². The first-order valence-electron chi connectivity index (χ1n) is 7.32. The molecule has 1 aromatic carbocycles. The monoisotopic (exact) mass is 293 g/mol. The Kier molecular flexibility index (Phi) is 5.83. The smallest absolute Gasteiger partial charge is 0.340 e. The molecule has 116 valence electrons. The van der Waals surface area contributed by atoms with Crippen molar-refractivity contribution in [2.45, 2.75) is 6.92 Å². The van der Waals surface area contributed by atoms with Crippen LogP contribution in [0.4, 0.5) is 11.4 Å². The fourth-order valence-corrected chi connectivity index (χ4v) is 2.28. The second kappa shape index (κ2) is 7.85. The van der Waals surface area contributed by atoms with Crippen molar-refractivity contribution in [2.75, 3.05) is 57.1 Å². The highest BCUT2D eigenvalue weighted by molar-refractivity contribution is 5.98. The molecule has 6 nitrogen and oxygen atoms in total. The van der Waals surface area contributed by atoms with Crippen molar-refractivity contribution in [3.05, 3.63) is 23.8 Å². The molecule has 6 heteroatoms. The summed E-state index contributed by atoms with van der Waals surface area (Å²) in [4.78, 5) is 14.1. The fraction of sp³-hybridized carbons (Fsp3) is 0.533. The van der Waals surface area contributed by atoms with Gasteiger partial charge in [-0.3, -0.25) is 4.90 Å². The van der Waals surface area contributed by atoms with Crippen LogP contribution in [0, 0.1) is 0 Å². The van der Waals surface area contributed by atoms with E-state index in [9.17, 15) is 4.79 Å². The number of nitrogens with zero attached hydrogens (tertiary/aromatic N) is 1. The molecular formula is C15H23N3O3. The summed E-state index contributed by atoms with van der Waals surface area (Å²) < 4.78 is 10.3. The summed E-state index contributed by atoms with van der Waals surface area (Å²) in [5.41, 5.74) is 7.66. The summed E-state index contributed by atoms with van der Waals surface area (Å²) in [6.45, 7) is 7.31. The van der Waals surface area contributed by atoms with E-state index in [0.717, 1.165) is 45.1 Å². The van der Waals surface area contributed by atoms with Crippen LogP contribution in [-0.2, 0) is 9.47 Å². The highest BCUT2D eigenvalue weighted by atomic mass is 16.5. The van der Waals surface area contributed by atoms with Gasteiger partial charge in [0, 0.05) is 26.2 Å². The third-order valence-corrected chi connectivity index (χ3v) is 3.45. The third kappa shape index (κ3) is 4.34. The van der Waals surface area contributed by atoms with Crippen molar-refractivity contribution in [3.8, 4) is 0 Å². The Balaban J connectivity index is 1.90. The molecule has 1 fully saturated rings. The molecular weight excluding hydrogens is 270 g/mol. The quantitative estimate of drug-likeness (QED) is 0.606. The topological polar surface area (TPSA) is 76.8 Å². The lowest BCUT2D eigenvalue weighted by Gasteiger charge is -2.26. The Bertz CT molecular complexity index is 473. The van der Waals surface area contributed by atoms with Gasteiger partial charge in [-0.15, -0.1) is 0 Å². The number of benzene rings is 1. The van der Waals surface area contributed by atoms with E-state index in [4.69, 9.17) is 15.2 Å². The van der Waals surface area contributed by atoms with Crippen LogP contribution in [0.1, 0.15) is 17.3 Å². The molecule has 0 saturated carbocycles. The number of carbonyl (C=O) groups excluding carboxylic acids is 1. The van der Waals surface area contributed by atoms with Gasteiger partial charge < -0.3 is 20.5 Å². The van der Waals surface area contributed by atoms with E-state index in [0.29, 0.717) is 17.9 Å². The standard InChI is InChI=1S/C15H23N3O3/c1-2-21-15(19)12-4-3-5-13(14(12)16)17-6-7-18-8-10-20-11-9-18/h3-5,17H,2,6-11,16H2,1H3. The first-order valence-corrected chi connectivity index (χ1v) is 7.32. The van der Waals surface area contributed by atoms with Crippen molar-refractivity contribution in [3.63, 3.8) is 0 Å². The van der Waals surface area contributed by atoms with E-state index in [1.807, 2.05) is 6.07 Å². The SMILES string of the molecule is CCOC(=O)c1cccc(NCCN2CCOCC2)c1N. The minimum atomic E-state index is -0.383. The van der Waals surface area contributed by atoms with Gasteiger partial charge in [-0.2, -0.15) is 0 Å². The van der Waals surface area contributed by atoms with Crippen LogP contribution < -0.4 is 11.1 Å². The Morgan fingerprint density at radius 2 is 2.19 bits per heavy atom. The molecule has 1 aromatic rings. The second-order valence-electron chi connectivity index (χ2n) is 4.87. The normalized spacial score (nSPS) is 15.7. The zero-order chi connectivity index (χ0) is 15.1. The van der Waals surface area contributed by atoms with E-state index < -0.39 is 0 Å². The number of anilines is 2. The highest BCUT2D eigenvalue weighted by Crippen LogP contribution is 2.23. The lowest BCUT2D eigenvalue weighted by atomic mass is 10.1.